The Balaban J connectivity index is 1.83. The van der Waals surface area contributed by atoms with Gasteiger partial charge in [-0.3, -0.25) is 0 Å². The predicted octanol–water partition coefficient (Wildman–Crippen LogP) is 1.01. The Morgan fingerprint density at radius 2 is 2.05 bits per heavy atom. The topological polar surface area (TPSA) is 74.5 Å². The molecule has 0 aliphatic carbocycles. The first kappa shape index (κ1) is 13.6. The summed E-state index contributed by atoms with van der Waals surface area (Å²) in [7, 11) is 0. The van der Waals surface area contributed by atoms with E-state index in [0.717, 1.165) is 19.5 Å². The second kappa shape index (κ2) is 5.90. The lowest BCUT2D eigenvalue weighted by atomic mass is 10.2. The molecule has 0 bridgehead atoms. The lowest BCUT2D eigenvalue weighted by molar-refractivity contribution is 0.190. The monoisotopic (exact) mass is 267 g/mol. The van der Waals surface area contributed by atoms with Crippen molar-refractivity contribution in [3.8, 4) is 0 Å². The van der Waals surface area contributed by atoms with Gasteiger partial charge < -0.3 is 19.5 Å². The number of nitrogens with one attached hydrogen (secondary N) is 1. The predicted molar refractivity (Wildman–Crippen MR) is 71.1 cm³/mol. The zero-order valence-corrected chi connectivity index (χ0v) is 11.7. The maximum atomic E-state index is 12.0. The quantitative estimate of drug-likeness (QED) is 0.884. The van der Waals surface area contributed by atoms with Crippen LogP contribution in [0.15, 0.2) is 4.42 Å². The summed E-state index contributed by atoms with van der Waals surface area (Å²) in [6, 6.07) is 0.763. The van der Waals surface area contributed by atoms with Gasteiger partial charge in [0.2, 0.25) is 5.89 Å². The fourth-order valence-electron chi connectivity index (χ4n) is 1.92. The van der Waals surface area contributed by atoms with E-state index in [9.17, 15) is 4.79 Å². The molecule has 0 radical (unpaired) electrons. The molecule has 1 aliphatic heterocycles. The van der Waals surface area contributed by atoms with Crippen LogP contribution >= 0.6 is 0 Å². The molecule has 2 amide bonds. The van der Waals surface area contributed by atoms with Crippen LogP contribution in [0.25, 0.3) is 0 Å². The van der Waals surface area contributed by atoms with E-state index >= 15 is 0 Å². The van der Waals surface area contributed by atoms with Crippen LogP contribution in [0.3, 0.4) is 0 Å². The van der Waals surface area contributed by atoms with Crippen molar-refractivity contribution in [3.63, 3.8) is 0 Å². The van der Waals surface area contributed by atoms with Gasteiger partial charge >= 0.3 is 12.0 Å². The Morgan fingerprint density at radius 1 is 1.37 bits per heavy atom. The lowest BCUT2D eigenvalue weighted by Gasteiger charge is -2.34. The Hall–Kier alpha value is -1.79. The minimum atomic E-state index is 0.00992. The highest BCUT2D eigenvalue weighted by molar-refractivity contribution is 5.74. The number of carbonyl (C=O) groups excluding carboxylic acids is 1. The van der Waals surface area contributed by atoms with Gasteiger partial charge in [-0.25, -0.2) is 4.79 Å². The number of nitrogens with zero attached hydrogens (tertiary/aromatic N) is 4. The fourth-order valence-corrected chi connectivity index (χ4v) is 1.92. The summed E-state index contributed by atoms with van der Waals surface area (Å²) in [5.74, 6) is 0.562. The van der Waals surface area contributed by atoms with E-state index in [1.54, 1.807) is 6.92 Å². The molecule has 0 aromatic carbocycles. The molecule has 2 rings (SSSR count). The minimum absolute atomic E-state index is 0.00992. The average molecular weight is 267 g/mol. The first-order valence-corrected chi connectivity index (χ1v) is 6.70. The Morgan fingerprint density at radius 3 is 2.58 bits per heavy atom. The van der Waals surface area contributed by atoms with Gasteiger partial charge in [0.25, 0.3) is 0 Å². The minimum Gasteiger partial charge on any atom is -0.408 e. The Labute approximate surface area is 113 Å². The fraction of sp³-hybridized carbons (Fsp3) is 0.750. The van der Waals surface area contributed by atoms with Crippen LogP contribution in [-0.4, -0.2) is 53.3 Å². The zero-order valence-electron chi connectivity index (χ0n) is 11.7. The number of hydrogen-bond acceptors (Lipinski definition) is 5. The highest BCUT2D eigenvalue weighted by Gasteiger charge is 2.24. The van der Waals surface area contributed by atoms with Crippen LogP contribution in [-0.2, 0) is 0 Å². The van der Waals surface area contributed by atoms with Gasteiger partial charge in [0.15, 0.2) is 0 Å². The van der Waals surface area contributed by atoms with Crippen molar-refractivity contribution < 1.29 is 9.21 Å². The second-order valence-corrected chi connectivity index (χ2v) is 4.84. The Kier molecular flexibility index (Phi) is 4.24. The molecule has 1 N–H and O–H groups in total. The van der Waals surface area contributed by atoms with Crippen LogP contribution in [0.5, 0.6) is 0 Å². The number of amides is 2. The highest BCUT2D eigenvalue weighted by Crippen LogP contribution is 2.14. The van der Waals surface area contributed by atoms with Crippen LogP contribution in [0.4, 0.5) is 10.8 Å². The third-order valence-corrected chi connectivity index (χ3v) is 3.34. The molecule has 1 aromatic heterocycles. The first-order valence-electron chi connectivity index (χ1n) is 6.70. The van der Waals surface area contributed by atoms with E-state index in [1.807, 2.05) is 16.7 Å². The van der Waals surface area contributed by atoms with Crippen molar-refractivity contribution in [1.29, 1.82) is 0 Å². The zero-order chi connectivity index (χ0) is 13.8. The number of hydrogen-bond donors (Lipinski definition) is 1. The van der Waals surface area contributed by atoms with E-state index in [1.165, 1.54) is 0 Å². The van der Waals surface area contributed by atoms with Gasteiger partial charge in [-0.05, 0) is 13.3 Å². The molecule has 1 aromatic rings. The van der Waals surface area contributed by atoms with Crippen molar-refractivity contribution >= 4 is 12.0 Å². The number of aryl methyl sites for hydroxylation is 1. The van der Waals surface area contributed by atoms with Crippen molar-refractivity contribution in [3.05, 3.63) is 5.89 Å². The molecule has 1 aliphatic rings. The third kappa shape index (κ3) is 3.36. The molecule has 2 heterocycles. The number of aromatic nitrogens is 2. The van der Waals surface area contributed by atoms with Gasteiger partial charge in [0.05, 0.1) is 0 Å². The van der Waals surface area contributed by atoms with E-state index in [0.29, 0.717) is 25.0 Å². The molecule has 1 atom stereocenters. The third-order valence-electron chi connectivity index (χ3n) is 3.34. The van der Waals surface area contributed by atoms with Crippen LogP contribution < -0.4 is 10.2 Å². The number of carbonyl (C=O) groups is 1. The maximum Gasteiger partial charge on any atom is 0.318 e. The van der Waals surface area contributed by atoms with Crippen molar-refractivity contribution in [2.75, 3.05) is 31.1 Å². The molecule has 1 unspecified atom stereocenters. The normalized spacial score (nSPS) is 17.4. The summed E-state index contributed by atoms with van der Waals surface area (Å²) in [4.78, 5) is 15.8. The molecule has 0 saturated carbocycles. The number of rotatable bonds is 3. The van der Waals surface area contributed by atoms with E-state index in [2.05, 4.69) is 22.4 Å². The molecule has 106 valence electrons. The Bertz CT molecular complexity index is 426. The molecular formula is C12H21N5O2. The lowest BCUT2D eigenvalue weighted by Crippen LogP contribution is -2.53. The summed E-state index contributed by atoms with van der Waals surface area (Å²) in [6.45, 7) is 8.61. The summed E-state index contributed by atoms with van der Waals surface area (Å²) >= 11 is 0. The second-order valence-electron chi connectivity index (χ2n) is 4.84. The van der Waals surface area contributed by atoms with Crippen molar-refractivity contribution in [2.24, 2.45) is 0 Å². The van der Waals surface area contributed by atoms with E-state index in [-0.39, 0.29) is 12.1 Å². The SMILES string of the molecule is CCC(C)NC(=O)N1CCN(c2nnc(C)o2)CC1. The van der Waals surface area contributed by atoms with Crippen LogP contribution in [0.2, 0.25) is 0 Å². The standard InChI is InChI=1S/C12H21N5O2/c1-4-9(2)13-11(18)16-5-7-17(8-6-16)12-15-14-10(3)19-12/h9H,4-8H2,1-3H3,(H,13,18). The molecule has 7 heteroatoms. The summed E-state index contributed by atoms with van der Waals surface area (Å²) < 4.78 is 5.39. The first-order chi connectivity index (χ1) is 9.10. The molecule has 1 saturated heterocycles. The summed E-state index contributed by atoms with van der Waals surface area (Å²) in [6.07, 6.45) is 0.937. The van der Waals surface area contributed by atoms with E-state index in [4.69, 9.17) is 4.42 Å². The van der Waals surface area contributed by atoms with Gasteiger partial charge in [0.1, 0.15) is 0 Å². The highest BCUT2D eigenvalue weighted by atomic mass is 16.4. The van der Waals surface area contributed by atoms with Crippen molar-refractivity contribution in [2.45, 2.75) is 33.2 Å². The number of anilines is 1. The van der Waals surface area contributed by atoms with Gasteiger partial charge in [-0.15, -0.1) is 5.10 Å². The van der Waals surface area contributed by atoms with Crippen LogP contribution in [0, 0.1) is 6.92 Å². The summed E-state index contributed by atoms with van der Waals surface area (Å²) in [5.41, 5.74) is 0. The molecule has 0 spiro atoms. The number of urea groups is 1. The molecule has 1 fully saturated rings. The molecule has 19 heavy (non-hydrogen) atoms. The molecule has 7 nitrogen and oxygen atoms in total. The van der Waals surface area contributed by atoms with Gasteiger partial charge in [-0.1, -0.05) is 12.0 Å². The summed E-state index contributed by atoms with van der Waals surface area (Å²) in [5, 5.41) is 10.8. The smallest absolute Gasteiger partial charge is 0.318 e. The molecular weight excluding hydrogens is 246 g/mol. The average Bonchev–Trinajstić information content (AvgIpc) is 2.85. The van der Waals surface area contributed by atoms with Gasteiger partial charge in [0, 0.05) is 39.1 Å². The largest absolute Gasteiger partial charge is 0.408 e. The maximum absolute atomic E-state index is 12.0. The van der Waals surface area contributed by atoms with Crippen molar-refractivity contribution in [1.82, 2.24) is 20.4 Å². The number of piperazine rings is 1. The van der Waals surface area contributed by atoms with Crippen LogP contribution in [0.1, 0.15) is 26.2 Å². The van der Waals surface area contributed by atoms with E-state index < -0.39 is 0 Å². The van der Waals surface area contributed by atoms with Gasteiger partial charge in [-0.2, -0.15) is 0 Å².